The quantitative estimate of drug-likeness (QED) is 0.652. The molecule has 1 aromatic heterocycles. The Hall–Kier alpha value is -1.66. The van der Waals surface area contributed by atoms with Crippen molar-refractivity contribution in [3.05, 3.63) is 58.3 Å². The minimum Gasteiger partial charge on any atom is -0.329 e. The van der Waals surface area contributed by atoms with Crippen LogP contribution in [0.15, 0.2) is 46.5 Å². The minimum absolute atomic E-state index is 0.0730. The van der Waals surface area contributed by atoms with Crippen LogP contribution in [0.2, 0.25) is 0 Å². The summed E-state index contributed by atoms with van der Waals surface area (Å²) in [6.07, 6.45) is 1.44. The number of thioether (sulfide) groups is 1. The molecule has 6 heteroatoms. The molecule has 0 spiro atoms. The van der Waals surface area contributed by atoms with Crippen molar-refractivity contribution in [1.82, 2.24) is 9.97 Å². The molecule has 3 N–H and O–H groups in total. The summed E-state index contributed by atoms with van der Waals surface area (Å²) in [7, 11) is 0. The Balaban J connectivity index is 2.19. The fourth-order valence-electron chi connectivity index (χ4n) is 1.48. The fourth-order valence-corrected chi connectivity index (χ4v) is 2.42. The van der Waals surface area contributed by atoms with Crippen LogP contribution in [0.3, 0.4) is 0 Å². The maximum atomic E-state index is 12.8. The normalized spacial score (nSPS) is 12.3. The first-order chi connectivity index (χ1) is 8.69. The summed E-state index contributed by atoms with van der Waals surface area (Å²) in [5.41, 5.74) is 6.39. The highest BCUT2D eigenvalue weighted by atomic mass is 32.2. The zero-order valence-corrected chi connectivity index (χ0v) is 10.3. The van der Waals surface area contributed by atoms with Gasteiger partial charge >= 0.3 is 0 Å². The summed E-state index contributed by atoms with van der Waals surface area (Å²) in [6.45, 7) is 0.370. The first-order valence-corrected chi connectivity index (χ1v) is 6.24. The SMILES string of the molecule is NCC(Sc1nccc(=O)[nH]1)c1ccc(F)cc1. The van der Waals surface area contributed by atoms with E-state index in [9.17, 15) is 9.18 Å². The van der Waals surface area contributed by atoms with Gasteiger partial charge in [0.05, 0.1) is 0 Å². The van der Waals surface area contributed by atoms with Crippen LogP contribution in [0.1, 0.15) is 10.8 Å². The molecule has 1 aromatic carbocycles. The summed E-state index contributed by atoms with van der Waals surface area (Å²) >= 11 is 1.35. The van der Waals surface area contributed by atoms with Crippen molar-refractivity contribution in [3.63, 3.8) is 0 Å². The smallest absolute Gasteiger partial charge is 0.251 e. The van der Waals surface area contributed by atoms with Gasteiger partial charge in [0.15, 0.2) is 5.16 Å². The molecule has 4 nitrogen and oxygen atoms in total. The van der Waals surface area contributed by atoms with Gasteiger partial charge in [0.1, 0.15) is 5.82 Å². The molecule has 1 atom stereocenters. The lowest BCUT2D eigenvalue weighted by Crippen LogP contribution is -2.12. The second-order valence-corrected chi connectivity index (χ2v) is 4.82. The van der Waals surface area contributed by atoms with Crippen molar-refractivity contribution >= 4 is 11.8 Å². The van der Waals surface area contributed by atoms with Gasteiger partial charge in [-0.15, -0.1) is 0 Å². The monoisotopic (exact) mass is 265 g/mol. The van der Waals surface area contributed by atoms with Crippen LogP contribution in [0.25, 0.3) is 0 Å². The van der Waals surface area contributed by atoms with E-state index in [4.69, 9.17) is 5.73 Å². The first-order valence-electron chi connectivity index (χ1n) is 5.36. The predicted molar refractivity (Wildman–Crippen MR) is 68.9 cm³/mol. The van der Waals surface area contributed by atoms with Crippen LogP contribution in [0.4, 0.5) is 4.39 Å². The third-order valence-electron chi connectivity index (χ3n) is 2.36. The number of H-pyrrole nitrogens is 1. The van der Waals surface area contributed by atoms with E-state index >= 15 is 0 Å². The van der Waals surface area contributed by atoms with Gasteiger partial charge in [0.25, 0.3) is 5.56 Å². The zero-order valence-electron chi connectivity index (χ0n) is 9.47. The molecule has 0 amide bonds. The number of benzene rings is 1. The van der Waals surface area contributed by atoms with Crippen LogP contribution in [-0.2, 0) is 0 Å². The number of aromatic amines is 1. The van der Waals surface area contributed by atoms with Crippen molar-refractivity contribution in [2.75, 3.05) is 6.54 Å². The Morgan fingerprint density at radius 3 is 2.67 bits per heavy atom. The molecule has 18 heavy (non-hydrogen) atoms. The largest absolute Gasteiger partial charge is 0.329 e. The van der Waals surface area contributed by atoms with Crippen molar-refractivity contribution in [2.45, 2.75) is 10.4 Å². The van der Waals surface area contributed by atoms with E-state index in [2.05, 4.69) is 9.97 Å². The van der Waals surface area contributed by atoms with Gasteiger partial charge in [0, 0.05) is 24.1 Å². The molecule has 1 unspecified atom stereocenters. The number of aromatic nitrogens is 2. The van der Waals surface area contributed by atoms with E-state index < -0.39 is 0 Å². The number of nitrogens with two attached hydrogens (primary N) is 1. The van der Waals surface area contributed by atoms with E-state index in [1.54, 1.807) is 12.1 Å². The summed E-state index contributed by atoms with van der Waals surface area (Å²) < 4.78 is 12.8. The Bertz CT molecular complexity index is 570. The number of halogens is 1. The van der Waals surface area contributed by atoms with Crippen LogP contribution in [0, 0.1) is 5.82 Å². The molecule has 0 aliphatic rings. The fraction of sp³-hybridized carbons (Fsp3) is 0.167. The van der Waals surface area contributed by atoms with Crippen molar-refractivity contribution in [1.29, 1.82) is 0 Å². The Kier molecular flexibility index (Phi) is 4.11. The lowest BCUT2D eigenvalue weighted by molar-refractivity contribution is 0.627. The number of hydrogen-bond acceptors (Lipinski definition) is 4. The summed E-state index contributed by atoms with van der Waals surface area (Å²) in [4.78, 5) is 17.8. The van der Waals surface area contributed by atoms with Gasteiger partial charge in [-0.2, -0.15) is 0 Å². The highest BCUT2D eigenvalue weighted by Gasteiger charge is 2.12. The summed E-state index contributed by atoms with van der Waals surface area (Å²) in [5.74, 6) is -0.286. The van der Waals surface area contributed by atoms with Gasteiger partial charge in [-0.25, -0.2) is 9.37 Å². The van der Waals surface area contributed by atoms with Crippen LogP contribution < -0.4 is 11.3 Å². The molecule has 0 aliphatic carbocycles. The van der Waals surface area contributed by atoms with Crippen molar-refractivity contribution in [2.24, 2.45) is 5.73 Å². The lowest BCUT2D eigenvalue weighted by Gasteiger charge is -2.13. The minimum atomic E-state index is -0.286. The number of rotatable bonds is 4. The standard InChI is InChI=1S/C12H12FN3OS/c13-9-3-1-8(2-4-9)10(7-14)18-12-15-6-5-11(17)16-12/h1-6,10H,7,14H2,(H,15,16,17). The highest BCUT2D eigenvalue weighted by molar-refractivity contribution is 7.99. The average Bonchev–Trinajstić information content (AvgIpc) is 2.37. The summed E-state index contributed by atoms with van der Waals surface area (Å²) in [6, 6.07) is 7.49. The van der Waals surface area contributed by atoms with Gasteiger partial charge in [-0.3, -0.25) is 4.79 Å². The number of hydrogen-bond donors (Lipinski definition) is 2. The molecule has 94 valence electrons. The molecule has 2 rings (SSSR count). The number of nitrogens with zero attached hydrogens (tertiary/aromatic N) is 1. The molecular formula is C12H12FN3OS. The highest BCUT2D eigenvalue weighted by Crippen LogP contribution is 2.31. The second-order valence-electron chi connectivity index (χ2n) is 3.63. The molecule has 0 saturated carbocycles. The van der Waals surface area contributed by atoms with Crippen LogP contribution in [-0.4, -0.2) is 16.5 Å². The van der Waals surface area contributed by atoms with Gasteiger partial charge < -0.3 is 10.7 Å². The van der Waals surface area contributed by atoms with E-state index in [1.165, 1.54) is 36.2 Å². The van der Waals surface area contributed by atoms with Crippen LogP contribution >= 0.6 is 11.8 Å². The second kappa shape index (κ2) is 5.79. The van der Waals surface area contributed by atoms with E-state index in [1.807, 2.05) is 0 Å². The van der Waals surface area contributed by atoms with E-state index in [0.29, 0.717) is 11.7 Å². The first kappa shape index (κ1) is 12.8. The van der Waals surface area contributed by atoms with Crippen LogP contribution in [0.5, 0.6) is 0 Å². The maximum Gasteiger partial charge on any atom is 0.251 e. The summed E-state index contributed by atoms with van der Waals surface area (Å²) in [5, 5.41) is 0.429. The van der Waals surface area contributed by atoms with Crippen molar-refractivity contribution < 1.29 is 4.39 Å². The third-order valence-corrected chi connectivity index (χ3v) is 3.54. The van der Waals surface area contributed by atoms with Gasteiger partial charge in [-0.05, 0) is 17.7 Å². The molecular weight excluding hydrogens is 253 g/mol. The Morgan fingerprint density at radius 1 is 1.33 bits per heavy atom. The van der Waals surface area contributed by atoms with E-state index in [0.717, 1.165) is 5.56 Å². The zero-order chi connectivity index (χ0) is 13.0. The lowest BCUT2D eigenvalue weighted by atomic mass is 10.1. The van der Waals surface area contributed by atoms with Gasteiger partial charge in [-0.1, -0.05) is 23.9 Å². The topological polar surface area (TPSA) is 71.8 Å². The maximum absolute atomic E-state index is 12.8. The molecule has 0 aliphatic heterocycles. The number of nitrogens with one attached hydrogen (secondary N) is 1. The van der Waals surface area contributed by atoms with Crippen molar-refractivity contribution in [3.8, 4) is 0 Å². The van der Waals surface area contributed by atoms with Gasteiger partial charge in [0.2, 0.25) is 0 Å². The third kappa shape index (κ3) is 3.18. The predicted octanol–water partition coefficient (Wildman–Crippen LogP) is 1.70. The molecule has 0 saturated heterocycles. The molecule has 0 radical (unpaired) electrons. The average molecular weight is 265 g/mol. The Morgan fingerprint density at radius 2 is 2.06 bits per heavy atom. The molecule has 0 fully saturated rings. The molecule has 1 heterocycles. The molecule has 2 aromatic rings. The van der Waals surface area contributed by atoms with E-state index in [-0.39, 0.29) is 16.6 Å². The molecule has 0 bridgehead atoms. The Labute approximate surface area is 107 Å².